The summed E-state index contributed by atoms with van der Waals surface area (Å²) in [5.41, 5.74) is 1.46. The SMILES string of the molecule is O=C(c1ccc(-c2cc(=NC3CC3)n3nc/c(=C\c4[nH]c(=O)[nH]c4O)c3n2)s1)N1CC[C@H](F)C1. The first kappa shape index (κ1) is 20.8. The van der Waals surface area contributed by atoms with Gasteiger partial charge >= 0.3 is 5.69 Å². The number of H-pyrrole nitrogens is 2. The lowest BCUT2D eigenvalue weighted by atomic mass is 10.3. The average molecular weight is 482 g/mol. The Bertz CT molecular complexity index is 1600. The second-order valence-electron chi connectivity index (χ2n) is 8.48. The Hall–Kier alpha value is -3.80. The number of amides is 1. The van der Waals surface area contributed by atoms with Gasteiger partial charge in [-0.1, -0.05) is 0 Å². The van der Waals surface area contributed by atoms with Gasteiger partial charge in [-0.3, -0.25) is 14.8 Å². The molecule has 1 saturated carbocycles. The summed E-state index contributed by atoms with van der Waals surface area (Å²) in [6, 6.07) is 5.65. The molecule has 3 N–H and O–H groups in total. The number of nitrogens with one attached hydrogen (secondary N) is 2. The summed E-state index contributed by atoms with van der Waals surface area (Å²) in [5, 5.41) is 14.9. The molecule has 1 aliphatic carbocycles. The highest BCUT2D eigenvalue weighted by molar-refractivity contribution is 7.17. The molecule has 6 rings (SSSR count). The Labute approximate surface area is 195 Å². The van der Waals surface area contributed by atoms with Gasteiger partial charge in [0.15, 0.2) is 11.1 Å². The van der Waals surface area contributed by atoms with Crippen molar-refractivity contribution in [2.24, 2.45) is 4.99 Å². The molecule has 4 aromatic heterocycles. The van der Waals surface area contributed by atoms with Crippen LogP contribution in [-0.4, -0.2) is 65.8 Å². The Balaban J connectivity index is 1.46. The summed E-state index contributed by atoms with van der Waals surface area (Å²) < 4.78 is 15.2. The fourth-order valence-electron chi connectivity index (χ4n) is 3.97. The summed E-state index contributed by atoms with van der Waals surface area (Å²) >= 11 is 1.30. The summed E-state index contributed by atoms with van der Waals surface area (Å²) in [4.78, 5) is 41.4. The zero-order chi connectivity index (χ0) is 23.4. The minimum atomic E-state index is -0.968. The number of aromatic hydroxyl groups is 1. The fourth-order valence-corrected chi connectivity index (χ4v) is 4.91. The molecule has 1 atom stereocenters. The zero-order valence-electron chi connectivity index (χ0n) is 17.9. The molecule has 10 nitrogen and oxygen atoms in total. The topological polar surface area (TPSA) is 132 Å². The molecule has 0 unspecified atom stereocenters. The first-order valence-electron chi connectivity index (χ1n) is 10.9. The van der Waals surface area contributed by atoms with Crippen LogP contribution in [0.1, 0.15) is 34.6 Å². The van der Waals surface area contributed by atoms with Gasteiger partial charge in [-0.05, 0) is 37.5 Å². The van der Waals surface area contributed by atoms with Crippen molar-refractivity contribution in [3.63, 3.8) is 0 Å². The summed E-state index contributed by atoms with van der Waals surface area (Å²) in [6.45, 7) is 0.550. The van der Waals surface area contributed by atoms with Crippen LogP contribution in [0.25, 0.3) is 22.3 Å². The van der Waals surface area contributed by atoms with Crippen LogP contribution in [0.4, 0.5) is 4.39 Å². The largest absolute Gasteiger partial charge is 0.493 e. The van der Waals surface area contributed by atoms with Crippen molar-refractivity contribution in [2.45, 2.75) is 31.5 Å². The van der Waals surface area contributed by atoms with Gasteiger partial charge in [0, 0.05) is 17.8 Å². The molecule has 1 amide bonds. The molecule has 5 heterocycles. The lowest BCUT2D eigenvalue weighted by molar-refractivity contribution is 0.0787. The second-order valence-corrected chi connectivity index (χ2v) is 9.57. The molecular formula is C22H20FN7O3S. The van der Waals surface area contributed by atoms with Gasteiger partial charge in [0.05, 0.1) is 34.2 Å². The standard InChI is InChI=1S/C22H20FN7O3S/c23-12-5-6-29(10-12)21(32)17-4-3-16(34-17)14-8-18(25-13-1-2-13)30-19(26-14)11(9-24-30)7-15-20(31)28-22(33)27-15/h3-4,7-9,12-13,31H,1-2,5-6,10H2,(H2,27,28,33)/b11-7+,25-18?/t12-/m0/s1. The lowest BCUT2D eigenvalue weighted by Crippen LogP contribution is -2.28. The third-order valence-electron chi connectivity index (χ3n) is 5.86. The summed E-state index contributed by atoms with van der Waals surface area (Å²) in [5.74, 6) is -0.451. The van der Waals surface area contributed by atoms with E-state index in [0.717, 1.165) is 17.7 Å². The van der Waals surface area contributed by atoms with Gasteiger partial charge in [-0.2, -0.15) is 9.61 Å². The molecule has 1 saturated heterocycles. The summed E-state index contributed by atoms with van der Waals surface area (Å²) in [7, 11) is 0. The van der Waals surface area contributed by atoms with Crippen molar-refractivity contribution in [3.8, 4) is 16.5 Å². The number of carbonyl (C=O) groups is 1. The first-order chi connectivity index (χ1) is 16.4. The third kappa shape index (κ3) is 3.79. The number of alkyl halides is 1. The van der Waals surface area contributed by atoms with Gasteiger partial charge in [0.25, 0.3) is 5.91 Å². The number of aromatic nitrogens is 5. The molecular weight excluding hydrogens is 461 g/mol. The van der Waals surface area contributed by atoms with E-state index in [9.17, 15) is 19.1 Å². The van der Waals surface area contributed by atoms with Crippen molar-refractivity contribution in [2.75, 3.05) is 13.1 Å². The second kappa shape index (κ2) is 7.90. The number of carbonyl (C=O) groups excluding carboxylic acids is 1. The molecule has 0 radical (unpaired) electrons. The van der Waals surface area contributed by atoms with E-state index in [1.807, 2.05) is 12.1 Å². The third-order valence-corrected chi connectivity index (χ3v) is 6.96. The Morgan fingerprint density at radius 3 is 2.85 bits per heavy atom. The van der Waals surface area contributed by atoms with E-state index in [-0.39, 0.29) is 30.1 Å². The predicted molar refractivity (Wildman–Crippen MR) is 122 cm³/mol. The predicted octanol–water partition coefficient (Wildman–Crippen LogP) is 0.975. The number of nitrogens with zero attached hydrogens (tertiary/aromatic N) is 5. The van der Waals surface area contributed by atoms with Gasteiger partial charge < -0.3 is 15.0 Å². The quantitative estimate of drug-likeness (QED) is 0.400. The highest BCUT2D eigenvalue weighted by Crippen LogP contribution is 2.28. The molecule has 174 valence electrons. The van der Waals surface area contributed by atoms with E-state index in [0.29, 0.717) is 39.9 Å². The number of rotatable bonds is 4. The normalized spacial score (nSPS) is 19.6. The number of hydrogen-bond donors (Lipinski definition) is 3. The molecule has 12 heteroatoms. The van der Waals surface area contributed by atoms with Crippen LogP contribution in [0.3, 0.4) is 0 Å². The molecule has 0 bridgehead atoms. The minimum absolute atomic E-state index is 0.129. The maximum Gasteiger partial charge on any atom is 0.326 e. The van der Waals surface area contributed by atoms with Crippen LogP contribution >= 0.6 is 11.3 Å². The number of halogens is 1. The molecule has 2 aliphatic rings. The van der Waals surface area contributed by atoms with Gasteiger partial charge in [-0.15, -0.1) is 11.3 Å². The van der Waals surface area contributed by atoms with Crippen molar-refractivity contribution in [1.82, 2.24) is 29.5 Å². The van der Waals surface area contributed by atoms with Crippen LogP contribution < -0.4 is 16.4 Å². The number of aromatic amines is 2. The molecule has 34 heavy (non-hydrogen) atoms. The van der Waals surface area contributed by atoms with Crippen LogP contribution in [0.5, 0.6) is 5.88 Å². The Kier molecular flexibility index (Phi) is 4.83. The van der Waals surface area contributed by atoms with Crippen molar-refractivity contribution in [3.05, 3.63) is 56.2 Å². The van der Waals surface area contributed by atoms with Crippen LogP contribution in [0.15, 0.2) is 34.2 Å². The zero-order valence-corrected chi connectivity index (χ0v) is 18.7. The first-order valence-corrected chi connectivity index (χ1v) is 11.8. The lowest BCUT2D eigenvalue weighted by Gasteiger charge is -2.13. The van der Waals surface area contributed by atoms with Gasteiger partial charge in [0.1, 0.15) is 11.9 Å². The monoisotopic (exact) mass is 481 g/mol. The Morgan fingerprint density at radius 2 is 2.15 bits per heavy atom. The molecule has 0 aromatic carbocycles. The van der Waals surface area contributed by atoms with Crippen LogP contribution in [0.2, 0.25) is 0 Å². The van der Waals surface area contributed by atoms with E-state index < -0.39 is 11.9 Å². The molecule has 1 aliphatic heterocycles. The van der Waals surface area contributed by atoms with E-state index >= 15 is 0 Å². The van der Waals surface area contributed by atoms with E-state index in [1.165, 1.54) is 11.3 Å². The molecule has 0 spiro atoms. The number of fused-ring (bicyclic) bond motifs is 1. The Morgan fingerprint density at radius 1 is 1.29 bits per heavy atom. The van der Waals surface area contributed by atoms with Gasteiger partial charge in [-0.25, -0.2) is 14.2 Å². The number of thiophene rings is 1. The molecule has 2 fully saturated rings. The number of hydrogen-bond acceptors (Lipinski definition) is 7. The average Bonchev–Trinajstić information content (AvgIpc) is 3.18. The highest BCUT2D eigenvalue weighted by Gasteiger charge is 2.27. The summed E-state index contributed by atoms with van der Waals surface area (Å²) in [6.07, 6.45) is 4.60. The maximum atomic E-state index is 13.6. The van der Waals surface area contributed by atoms with Crippen LogP contribution in [-0.2, 0) is 0 Å². The molecule has 4 aromatic rings. The highest BCUT2D eigenvalue weighted by atomic mass is 32.1. The van der Waals surface area contributed by atoms with Crippen LogP contribution in [0, 0.1) is 0 Å². The van der Waals surface area contributed by atoms with Crippen molar-refractivity contribution in [1.29, 1.82) is 0 Å². The maximum absolute atomic E-state index is 13.6. The van der Waals surface area contributed by atoms with Crippen molar-refractivity contribution >= 4 is 29.0 Å². The van der Waals surface area contributed by atoms with E-state index in [4.69, 9.17) is 9.98 Å². The number of imidazole rings is 1. The smallest absolute Gasteiger partial charge is 0.326 e. The van der Waals surface area contributed by atoms with Gasteiger partial charge in [0.2, 0.25) is 5.88 Å². The van der Waals surface area contributed by atoms with E-state index in [2.05, 4.69) is 15.1 Å². The van der Waals surface area contributed by atoms with E-state index in [1.54, 1.807) is 27.8 Å². The van der Waals surface area contributed by atoms with Crippen molar-refractivity contribution < 1.29 is 14.3 Å². The minimum Gasteiger partial charge on any atom is -0.493 e. The fraction of sp³-hybridized carbons (Fsp3) is 0.318. The number of likely N-dealkylation sites (tertiary alicyclic amines) is 1.